The fourth-order valence-corrected chi connectivity index (χ4v) is 1.08. The van der Waals surface area contributed by atoms with Gasteiger partial charge < -0.3 is 9.90 Å². The van der Waals surface area contributed by atoms with E-state index in [1.165, 1.54) is 0 Å². The first kappa shape index (κ1) is 9.29. The fourth-order valence-electron chi connectivity index (χ4n) is 0.684. The van der Waals surface area contributed by atoms with Crippen LogP contribution >= 0.6 is 23.2 Å². The smallest absolute Gasteiger partial charge is 0.143 e. The number of carboxylic acid groups (broad SMARTS) is 1. The van der Waals surface area contributed by atoms with Gasteiger partial charge in [0, 0.05) is 5.56 Å². The third-order valence-corrected chi connectivity index (χ3v) is 2.11. The fraction of sp³-hybridized carbons (Fsp3) is 0. The molecule has 0 aromatic heterocycles. The van der Waals surface area contributed by atoms with Gasteiger partial charge in [0.1, 0.15) is 5.82 Å². The normalized spacial score (nSPS) is 9.92. The van der Waals surface area contributed by atoms with Crippen LogP contribution in [0.5, 0.6) is 0 Å². The summed E-state index contributed by atoms with van der Waals surface area (Å²) in [5.41, 5.74) is -0.317. The Balaban J connectivity index is 3.36. The van der Waals surface area contributed by atoms with E-state index in [1.54, 1.807) is 0 Å². The molecule has 12 heavy (non-hydrogen) atoms. The topological polar surface area (TPSA) is 40.1 Å². The zero-order chi connectivity index (χ0) is 9.30. The number of hydrogen-bond donors (Lipinski definition) is 0. The van der Waals surface area contributed by atoms with E-state index < -0.39 is 16.8 Å². The summed E-state index contributed by atoms with van der Waals surface area (Å²) < 4.78 is 12.6. The molecule has 0 fully saturated rings. The quantitative estimate of drug-likeness (QED) is 0.656. The molecule has 0 atom stereocenters. The van der Waals surface area contributed by atoms with E-state index >= 15 is 0 Å². The highest BCUT2D eigenvalue weighted by molar-refractivity contribution is 6.43. The monoisotopic (exact) mass is 207 g/mol. The van der Waals surface area contributed by atoms with E-state index in [0.717, 1.165) is 12.1 Å². The lowest BCUT2D eigenvalue weighted by molar-refractivity contribution is -0.255. The summed E-state index contributed by atoms with van der Waals surface area (Å²) in [5.74, 6) is -2.24. The molecule has 0 saturated carbocycles. The van der Waals surface area contributed by atoms with Crippen LogP contribution in [-0.2, 0) is 0 Å². The van der Waals surface area contributed by atoms with E-state index in [0.29, 0.717) is 0 Å². The molecule has 0 bridgehead atoms. The Labute approximate surface area is 77.5 Å². The minimum absolute atomic E-state index is 0.317. The van der Waals surface area contributed by atoms with Gasteiger partial charge in [0.15, 0.2) is 0 Å². The molecular weight excluding hydrogens is 206 g/mol. The second-order valence-corrected chi connectivity index (χ2v) is 2.77. The molecule has 0 N–H and O–H groups in total. The number of hydrogen-bond acceptors (Lipinski definition) is 2. The maximum Gasteiger partial charge on any atom is 0.143 e. The zero-order valence-corrected chi connectivity index (χ0v) is 7.12. The van der Waals surface area contributed by atoms with Gasteiger partial charge in [0.25, 0.3) is 0 Å². The minimum atomic E-state index is -1.48. The van der Waals surface area contributed by atoms with Crippen molar-refractivity contribution in [2.24, 2.45) is 0 Å². The second kappa shape index (κ2) is 3.29. The van der Waals surface area contributed by atoms with Crippen LogP contribution in [-0.4, -0.2) is 5.97 Å². The van der Waals surface area contributed by atoms with Gasteiger partial charge in [0.05, 0.1) is 16.0 Å². The molecule has 0 aliphatic carbocycles. The molecule has 1 aromatic rings. The standard InChI is InChI=1S/C7H3Cl2FO2/c8-5-3(7(11)12)1-2-4(10)6(5)9/h1-2H,(H,11,12)/p-1. The highest BCUT2D eigenvalue weighted by Gasteiger charge is 2.09. The Kier molecular flexibility index (Phi) is 2.55. The number of halogens is 3. The van der Waals surface area contributed by atoms with Crippen molar-refractivity contribution in [1.29, 1.82) is 0 Å². The van der Waals surface area contributed by atoms with Crippen LogP contribution in [0.1, 0.15) is 10.4 Å². The summed E-state index contributed by atoms with van der Waals surface area (Å²) in [6.07, 6.45) is 0. The molecule has 1 aromatic carbocycles. The molecule has 0 aliphatic rings. The molecular formula is C7H2Cl2FO2-. The van der Waals surface area contributed by atoms with Crippen molar-refractivity contribution in [3.05, 3.63) is 33.6 Å². The molecule has 0 spiro atoms. The molecule has 0 aliphatic heterocycles. The van der Waals surface area contributed by atoms with Gasteiger partial charge in [-0.3, -0.25) is 0 Å². The molecule has 0 saturated heterocycles. The van der Waals surface area contributed by atoms with E-state index in [2.05, 4.69) is 0 Å². The van der Waals surface area contributed by atoms with Gasteiger partial charge in [-0.2, -0.15) is 0 Å². The summed E-state index contributed by atoms with van der Waals surface area (Å²) in [6.45, 7) is 0. The highest BCUT2D eigenvalue weighted by Crippen LogP contribution is 2.27. The Morgan fingerprint density at radius 3 is 2.42 bits per heavy atom. The Morgan fingerprint density at radius 1 is 1.33 bits per heavy atom. The first-order valence-corrected chi connectivity index (χ1v) is 3.64. The maximum atomic E-state index is 12.6. The third kappa shape index (κ3) is 1.52. The summed E-state index contributed by atoms with van der Waals surface area (Å²) in [4.78, 5) is 10.3. The molecule has 0 amide bonds. The van der Waals surface area contributed by atoms with Gasteiger partial charge >= 0.3 is 0 Å². The van der Waals surface area contributed by atoms with Crippen molar-refractivity contribution in [3.63, 3.8) is 0 Å². The number of carbonyl (C=O) groups excluding carboxylic acids is 1. The Bertz CT molecular complexity index is 338. The number of aromatic carboxylic acids is 1. The number of rotatable bonds is 1. The van der Waals surface area contributed by atoms with Crippen molar-refractivity contribution >= 4 is 29.2 Å². The predicted octanol–water partition coefficient (Wildman–Crippen LogP) is 1.50. The van der Waals surface area contributed by atoms with Crippen molar-refractivity contribution in [2.45, 2.75) is 0 Å². The lowest BCUT2D eigenvalue weighted by Gasteiger charge is -2.06. The van der Waals surface area contributed by atoms with Crippen molar-refractivity contribution in [2.75, 3.05) is 0 Å². The van der Waals surface area contributed by atoms with Crippen molar-refractivity contribution in [3.8, 4) is 0 Å². The minimum Gasteiger partial charge on any atom is -0.545 e. The molecule has 0 unspecified atom stereocenters. The van der Waals surface area contributed by atoms with E-state index in [-0.39, 0.29) is 10.6 Å². The van der Waals surface area contributed by atoms with Crippen LogP contribution in [0.4, 0.5) is 4.39 Å². The Hall–Kier alpha value is -0.800. The van der Waals surface area contributed by atoms with Crippen LogP contribution in [0.25, 0.3) is 0 Å². The summed E-state index contributed by atoms with van der Waals surface area (Å²) in [5, 5.41) is 9.57. The molecule has 0 heterocycles. The highest BCUT2D eigenvalue weighted by atomic mass is 35.5. The van der Waals surface area contributed by atoms with Crippen LogP contribution in [0, 0.1) is 5.82 Å². The molecule has 64 valence electrons. The van der Waals surface area contributed by atoms with E-state index in [4.69, 9.17) is 23.2 Å². The first-order valence-electron chi connectivity index (χ1n) is 2.89. The number of carboxylic acids is 1. The van der Waals surface area contributed by atoms with Gasteiger partial charge in [-0.25, -0.2) is 4.39 Å². The largest absolute Gasteiger partial charge is 0.545 e. The second-order valence-electron chi connectivity index (χ2n) is 2.01. The van der Waals surface area contributed by atoms with Crippen molar-refractivity contribution in [1.82, 2.24) is 0 Å². The average Bonchev–Trinajstić information content (AvgIpc) is 2.00. The molecule has 5 heteroatoms. The van der Waals surface area contributed by atoms with Crippen LogP contribution < -0.4 is 5.11 Å². The molecule has 0 radical (unpaired) electrons. The number of carbonyl (C=O) groups is 1. The van der Waals surface area contributed by atoms with Gasteiger partial charge in [-0.1, -0.05) is 23.2 Å². The molecule has 2 nitrogen and oxygen atoms in total. The SMILES string of the molecule is O=C([O-])c1ccc(F)c(Cl)c1Cl. The third-order valence-electron chi connectivity index (χ3n) is 1.26. The van der Waals surface area contributed by atoms with E-state index in [1.807, 2.05) is 0 Å². The van der Waals surface area contributed by atoms with Gasteiger partial charge in [0.2, 0.25) is 0 Å². The summed E-state index contributed by atoms with van der Waals surface area (Å²) in [6, 6.07) is 1.91. The lowest BCUT2D eigenvalue weighted by Crippen LogP contribution is -2.22. The average molecular weight is 208 g/mol. The number of benzene rings is 1. The molecule has 1 rings (SSSR count). The van der Waals surface area contributed by atoms with Gasteiger partial charge in [-0.15, -0.1) is 0 Å². The summed E-state index contributed by atoms with van der Waals surface area (Å²) in [7, 11) is 0. The first-order chi connectivity index (χ1) is 5.54. The maximum absolute atomic E-state index is 12.6. The van der Waals surface area contributed by atoms with Crippen molar-refractivity contribution < 1.29 is 14.3 Å². The Morgan fingerprint density at radius 2 is 1.92 bits per heavy atom. The van der Waals surface area contributed by atoms with Crippen LogP contribution in [0.15, 0.2) is 12.1 Å². The predicted molar refractivity (Wildman–Crippen MR) is 40.8 cm³/mol. The zero-order valence-electron chi connectivity index (χ0n) is 5.61. The van der Waals surface area contributed by atoms with Crippen LogP contribution in [0.3, 0.4) is 0 Å². The van der Waals surface area contributed by atoms with Crippen LogP contribution in [0.2, 0.25) is 10.0 Å². The van der Waals surface area contributed by atoms with E-state index in [9.17, 15) is 14.3 Å². The lowest BCUT2D eigenvalue weighted by atomic mass is 10.2. The van der Waals surface area contributed by atoms with Gasteiger partial charge in [-0.05, 0) is 12.1 Å². The summed E-state index contributed by atoms with van der Waals surface area (Å²) >= 11 is 10.7.